The smallest absolute Gasteiger partial charge is 0.342 e. The molecule has 4 fully saturated rings. The van der Waals surface area contributed by atoms with E-state index in [1.807, 2.05) is 20.8 Å². The molecule has 5 heteroatoms. The fourth-order valence-electron chi connectivity index (χ4n) is 5.40. The molecule has 3 N–H and O–H groups in total. The third-order valence-electron chi connectivity index (χ3n) is 6.06. The number of anilines is 2. The van der Waals surface area contributed by atoms with Crippen LogP contribution in [0, 0.1) is 23.7 Å². The number of nitrogens with two attached hydrogens (primary N) is 1. The van der Waals surface area contributed by atoms with Gasteiger partial charge in [0.05, 0.1) is 11.9 Å². The second-order valence-corrected chi connectivity index (χ2v) is 9.27. The molecule has 4 aliphatic rings. The van der Waals surface area contributed by atoms with Crippen LogP contribution in [-0.4, -0.2) is 22.6 Å². The molecule has 1 heterocycles. The van der Waals surface area contributed by atoms with Crippen molar-refractivity contribution in [1.82, 2.24) is 4.98 Å². The Morgan fingerprint density at radius 1 is 1.16 bits per heavy atom. The van der Waals surface area contributed by atoms with Gasteiger partial charge in [-0.05, 0) is 82.6 Å². The molecule has 0 unspecified atom stereocenters. The quantitative estimate of drug-likeness (QED) is 0.815. The van der Waals surface area contributed by atoms with E-state index < -0.39 is 5.60 Å². The fraction of sp³-hybridized carbons (Fsp3) is 0.700. The van der Waals surface area contributed by atoms with Gasteiger partial charge in [-0.3, -0.25) is 0 Å². The minimum Gasteiger partial charge on any atom is -0.456 e. The Bertz CT molecular complexity index is 652. The van der Waals surface area contributed by atoms with Crippen LogP contribution in [0.15, 0.2) is 12.3 Å². The normalized spacial score (nSPS) is 33.3. The zero-order chi connectivity index (χ0) is 17.8. The van der Waals surface area contributed by atoms with Crippen LogP contribution >= 0.6 is 0 Å². The predicted molar refractivity (Wildman–Crippen MR) is 98.3 cm³/mol. The van der Waals surface area contributed by atoms with Crippen molar-refractivity contribution >= 4 is 17.5 Å². The summed E-state index contributed by atoms with van der Waals surface area (Å²) in [5, 5.41) is 3.62. The molecule has 0 amide bonds. The van der Waals surface area contributed by atoms with E-state index in [0.717, 1.165) is 11.8 Å². The zero-order valence-corrected chi connectivity index (χ0v) is 15.4. The lowest BCUT2D eigenvalue weighted by Crippen LogP contribution is -2.51. The summed E-state index contributed by atoms with van der Waals surface area (Å²) in [7, 11) is 0. The highest BCUT2D eigenvalue weighted by Gasteiger charge is 2.48. The summed E-state index contributed by atoms with van der Waals surface area (Å²) in [5.41, 5.74) is 6.27. The number of ether oxygens (including phenoxy) is 1. The first kappa shape index (κ1) is 16.7. The van der Waals surface area contributed by atoms with Crippen LogP contribution in [0.4, 0.5) is 11.5 Å². The van der Waals surface area contributed by atoms with Crippen molar-refractivity contribution in [2.24, 2.45) is 23.7 Å². The van der Waals surface area contributed by atoms with E-state index in [9.17, 15) is 4.79 Å². The van der Waals surface area contributed by atoms with Crippen LogP contribution in [0.2, 0.25) is 0 Å². The van der Waals surface area contributed by atoms with Crippen molar-refractivity contribution in [3.05, 3.63) is 17.8 Å². The van der Waals surface area contributed by atoms with Gasteiger partial charge in [-0.2, -0.15) is 0 Å². The first-order valence-electron chi connectivity index (χ1n) is 9.54. The van der Waals surface area contributed by atoms with Crippen molar-refractivity contribution in [3.8, 4) is 0 Å². The van der Waals surface area contributed by atoms with Gasteiger partial charge >= 0.3 is 5.97 Å². The number of nitrogens with one attached hydrogen (secondary N) is 1. The highest BCUT2D eigenvalue weighted by atomic mass is 16.6. The number of nitrogen functional groups attached to an aromatic ring is 1. The van der Waals surface area contributed by atoms with E-state index in [2.05, 4.69) is 10.3 Å². The van der Waals surface area contributed by atoms with Crippen molar-refractivity contribution in [1.29, 1.82) is 0 Å². The van der Waals surface area contributed by atoms with Crippen LogP contribution < -0.4 is 11.1 Å². The van der Waals surface area contributed by atoms with Crippen LogP contribution in [0.5, 0.6) is 0 Å². The van der Waals surface area contributed by atoms with Crippen LogP contribution in [0.25, 0.3) is 0 Å². The monoisotopic (exact) mass is 343 g/mol. The van der Waals surface area contributed by atoms with E-state index >= 15 is 0 Å². The lowest BCUT2D eigenvalue weighted by Gasteiger charge is -2.54. The van der Waals surface area contributed by atoms with E-state index in [-0.39, 0.29) is 5.97 Å². The molecule has 1 aromatic heterocycles. The summed E-state index contributed by atoms with van der Waals surface area (Å²) in [6.07, 6.45) is 8.33. The average Bonchev–Trinajstić information content (AvgIpc) is 2.49. The van der Waals surface area contributed by atoms with Gasteiger partial charge in [0.25, 0.3) is 0 Å². The van der Waals surface area contributed by atoms with Gasteiger partial charge in [0.1, 0.15) is 17.0 Å². The standard InChI is InChI=1S/C20H29N3O2/c1-20(2,3)25-19(24)16-9-15(21)10-22-18(16)23-17-13-5-11-4-12(7-13)8-14(17)6-11/h9-14,17H,4-8,21H2,1-3H3,(H,22,23). The number of carbonyl (C=O) groups excluding carboxylic acids is 1. The molecular weight excluding hydrogens is 314 g/mol. The second-order valence-electron chi connectivity index (χ2n) is 9.27. The van der Waals surface area contributed by atoms with Crippen LogP contribution in [0.1, 0.15) is 63.2 Å². The SMILES string of the molecule is CC(C)(C)OC(=O)c1cc(N)cnc1NC1C2CC3CC(C2)CC1C3. The number of nitrogens with zero attached hydrogens (tertiary/aromatic N) is 1. The summed E-state index contributed by atoms with van der Waals surface area (Å²) in [6.45, 7) is 5.61. The summed E-state index contributed by atoms with van der Waals surface area (Å²) < 4.78 is 5.55. The minimum absolute atomic E-state index is 0.362. The third-order valence-corrected chi connectivity index (χ3v) is 6.06. The van der Waals surface area contributed by atoms with Gasteiger partial charge in [0, 0.05) is 6.04 Å². The molecule has 0 radical (unpaired) electrons. The highest BCUT2D eigenvalue weighted by molar-refractivity contribution is 5.95. The first-order chi connectivity index (χ1) is 11.8. The fourth-order valence-corrected chi connectivity index (χ4v) is 5.40. The Hall–Kier alpha value is -1.78. The van der Waals surface area contributed by atoms with Crippen LogP contribution in [0.3, 0.4) is 0 Å². The molecule has 4 aliphatic carbocycles. The molecule has 25 heavy (non-hydrogen) atoms. The minimum atomic E-state index is -0.540. The molecule has 5 rings (SSSR count). The summed E-state index contributed by atoms with van der Waals surface area (Å²) in [5.74, 6) is 3.53. The molecule has 0 atom stereocenters. The average molecular weight is 343 g/mol. The summed E-state index contributed by atoms with van der Waals surface area (Å²) in [6, 6.07) is 2.10. The molecule has 4 bridgehead atoms. The van der Waals surface area contributed by atoms with E-state index in [1.165, 1.54) is 32.1 Å². The maximum atomic E-state index is 12.6. The lowest BCUT2D eigenvalue weighted by atomic mass is 9.54. The molecule has 4 saturated carbocycles. The molecular formula is C20H29N3O2. The second kappa shape index (κ2) is 5.89. The van der Waals surface area contributed by atoms with E-state index in [4.69, 9.17) is 10.5 Å². The van der Waals surface area contributed by atoms with Crippen molar-refractivity contribution in [2.75, 3.05) is 11.1 Å². The zero-order valence-electron chi connectivity index (χ0n) is 15.4. The number of hydrogen-bond donors (Lipinski definition) is 2. The summed E-state index contributed by atoms with van der Waals surface area (Å²) >= 11 is 0. The van der Waals surface area contributed by atoms with Crippen molar-refractivity contribution in [2.45, 2.75) is 64.5 Å². The molecule has 5 nitrogen and oxygen atoms in total. The third kappa shape index (κ3) is 3.33. The van der Waals surface area contributed by atoms with Gasteiger partial charge in [-0.25, -0.2) is 9.78 Å². The van der Waals surface area contributed by atoms with E-state index in [1.54, 1.807) is 12.3 Å². The maximum Gasteiger partial charge on any atom is 0.342 e. The Kier molecular flexibility index (Phi) is 3.93. The summed E-state index contributed by atoms with van der Waals surface area (Å²) in [4.78, 5) is 17.1. The Morgan fingerprint density at radius 3 is 2.32 bits per heavy atom. The molecule has 1 aromatic rings. The molecule has 136 valence electrons. The topological polar surface area (TPSA) is 77.2 Å². The predicted octanol–water partition coefficient (Wildman–Crippen LogP) is 3.86. The number of aromatic nitrogens is 1. The first-order valence-corrected chi connectivity index (χ1v) is 9.54. The van der Waals surface area contributed by atoms with Gasteiger partial charge in [-0.15, -0.1) is 0 Å². The largest absolute Gasteiger partial charge is 0.456 e. The van der Waals surface area contributed by atoms with Gasteiger partial charge < -0.3 is 15.8 Å². The molecule has 0 spiro atoms. The molecule has 0 aromatic carbocycles. The molecule has 0 saturated heterocycles. The molecule has 0 aliphatic heterocycles. The van der Waals surface area contributed by atoms with Gasteiger partial charge in [0.2, 0.25) is 0 Å². The van der Waals surface area contributed by atoms with Crippen molar-refractivity contribution < 1.29 is 9.53 Å². The number of rotatable bonds is 3. The highest BCUT2D eigenvalue weighted by Crippen LogP contribution is 2.54. The lowest BCUT2D eigenvalue weighted by molar-refractivity contribution is 0.00526. The van der Waals surface area contributed by atoms with Crippen LogP contribution in [-0.2, 0) is 4.74 Å². The number of carbonyl (C=O) groups is 1. The Labute approximate surface area is 149 Å². The van der Waals surface area contributed by atoms with Crippen molar-refractivity contribution in [3.63, 3.8) is 0 Å². The Balaban J connectivity index is 1.57. The van der Waals surface area contributed by atoms with E-state index in [0.29, 0.717) is 34.9 Å². The Morgan fingerprint density at radius 2 is 1.76 bits per heavy atom. The number of esters is 1. The van der Waals surface area contributed by atoms with Gasteiger partial charge in [0.15, 0.2) is 0 Å². The van der Waals surface area contributed by atoms with Gasteiger partial charge in [-0.1, -0.05) is 0 Å². The number of hydrogen-bond acceptors (Lipinski definition) is 5. The maximum absolute atomic E-state index is 12.6. The number of pyridine rings is 1.